The summed E-state index contributed by atoms with van der Waals surface area (Å²) in [5, 5.41) is 20.4. The van der Waals surface area contributed by atoms with E-state index in [2.05, 4.69) is 0 Å². The van der Waals surface area contributed by atoms with Crippen LogP contribution in [-0.4, -0.2) is 16.0 Å². The smallest absolute Gasteiger partial charge is 0.336 e. The maximum Gasteiger partial charge on any atom is 0.336 e. The number of rotatable bonds is 4. The molecule has 0 saturated carbocycles. The van der Waals surface area contributed by atoms with Crippen molar-refractivity contribution >= 4 is 35.4 Å². The molecule has 1 N–H and O–H groups in total. The van der Waals surface area contributed by atoms with Gasteiger partial charge >= 0.3 is 5.97 Å². The number of nitro groups is 1. The Kier molecular flexibility index (Phi) is 4.35. The number of non-ortho nitro benzene ring substituents is 1. The lowest BCUT2D eigenvalue weighted by Gasteiger charge is -2.01. The highest BCUT2D eigenvalue weighted by Crippen LogP contribution is 2.20. The second-order valence-electron chi connectivity index (χ2n) is 4.22. The summed E-state index contributed by atoms with van der Waals surface area (Å²) in [5.41, 5.74) is 0.864. The van der Waals surface area contributed by atoms with Gasteiger partial charge in [-0.1, -0.05) is 35.9 Å². The molecule has 0 aliphatic heterocycles. The normalized spacial score (nSPS) is 10.7. The molecule has 0 aliphatic carbocycles. The van der Waals surface area contributed by atoms with E-state index in [-0.39, 0.29) is 11.3 Å². The molecule has 5 nitrogen and oxygen atoms in total. The van der Waals surface area contributed by atoms with Crippen LogP contribution in [0.15, 0.2) is 42.5 Å². The highest BCUT2D eigenvalue weighted by molar-refractivity contribution is 6.30. The lowest BCUT2D eigenvalue weighted by atomic mass is 10.0. The Morgan fingerprint density at radius 1 is 1.14 bits per heavy atom. The Balaban J connectivity index is 2.37. The fourth-order valence-corrected chi connectivity index (χ4v) is 1.87. The molecule has 0 fully saturated rings. The number of hydrogen-bond donors (Lipinski definition) is 1. The van der Waals surface area contributed by atoms with E-state index in [0.29, 0.717) is 10.6 Å². The first-order chi connectivity index (χ1) is 9.97. The van der Waals surface area contributed by atoms with Gasteiger partial charge in [0.1, 0.15) is 0 Å². The third kappa shape index (κ3) is 3.67. The van der Waals surface area contributed by atoms with Gasteiger partial charge in [0.2, 0.25) is 0 Å². The SMILES string of the molecule is O=C(O)c1cc([N+](=O)[O-])ccc1/C=C/c1ccc(Cl)cc1. The summed E-state index contributed by atoms with van der Waals surface area (Å²) in [6.07, 6.45) is 3.31. The van der Waals surface area contributed by atoms with E-state index in [1.807, 2.05) is 0 Å². The van der Waals surface area contributed by atoms with E-state index in [1.165, 1.54) is 12.1 Å². The highest BCUT2D eigenvalue weighted by Gasteiger charge is 2.14. The first kappa shape index (κ1) is 14.7. The molecular formula is C15H10ClNO4. The van der Waals surface area contributed by atoms with Crippen LogP contribution in [0.1, 0.15) is 21.5 Å². The quantitative estimate of drug-likeness (QED) is 0.523. The van der Waals surface area contributed by atoms with Gasteiger partial charge in [0.15, 0.2) is 0 Å². The molecule has 0 saturated heterocycles. The molecule has 0 aliphatic rings. The molecule has 2 rings (SSSR count). The van der Waals surface area contributed by atoms with Crippen molar-refractivity contribution < 1.29 is 14.8 Å². The molecule has 0 spiro atoms. The van der Waals surface area contributed by atoms with Gasteiger partial charge in [0, 0.05) is 17.2 Å². The zero-order chi connectivity index (χ0) is 15.4. The highest BCUT2D eigenvalue weighted by atomic mass is 35.5. The fourth-order valence-electron chi connectivity index (χ4n) is 1.75. The van der Waals surface area contributed by atoms with Crippen molar-refractivity contribution in [2.24, 2.45) is 0 Å². The van der Waals surface area contributed by atoms with Crippen molar-refractivity contribution in [2.45, 2.75) is 0 Å². The van der Waals surface area contributed by atoms with Gasteiger partial charge in [-0.2, -0.15) is 0 Å². The maximum atomic E-state index is 11.2. The minimum absolute atomic E-state index is 0.116. The molecular weight excluding hydrogens is 294 g/mol. The Labute approximate surface area is 125 Å². The van der Waals surface area contributed by atoms with Crippen LogP contribution in [0, 0.1) is 10.1 Å². The summed E-state index contributed by atoms with van der Waals surface area (Å²) in [6, 6.07) is 10.7. The minimum atomic E-state index is -1.21. The van der Waals surface area contributed by atoms with Crippen molar-refractivity contribution in [3.63, 3.8) is 0 Å². The first-order valence-electron chi connectivity index (χ1n) is 5.93. The van der Waals surface area contributed by atoms with E-state index >= 15 is 0 Å². The van der Waals surface area contributed by atoms with Crippen LogP contribution in [0.5, 0.6) is 0 Å². The maximum absolute atomic E-state index is 11.2. The van der Waals surface area contributed by atoms with Crippen LogP contribution < -0.4 is 0 Å². The van der Waals surface area contributed by atoms with Gasteiger partial charge < -0.3 is 5.11 Å². The number of hydrogen-bond acceptors (Lipinski definition) is 3. The number of carbonyl (C=O) groups is 1. The Bertz CT molecular complexity index is 723. The standard InChI is InChI=1S/C15H10ClNO4/c16-12-6-2-10(3-7-12)1-4-11-5-8-13(17(20)21)9-14(11)15(18)19/h1-9H,(H,18,19)/b4-1+. The lowest BCUT2D eigenvalue weighted by molar-refractivity contribution is -0.384. The van der Waals surface area contributed by atoms with Crippen LogP contribution in [0.2, 0.25) is 5.02 Å². The van der Waals surface area contributed by atoms with Gasteiger partial charge in [-0.05, 0) is 29.3 Å². The summed E-state index contributed by atoms with van der Waals surface area (Å²) in [4.78, 5) is 21.2. The monoisotopic (exact) mass is 303 g/mol. The van der Waals surface area contributed by atoms with Crippen LogP contribution >= 0.6 is 11.6 Å². The second kappa shape index (κ2) is 6.19. The van der Waals surface area contributed by atoms with Crippen LogP contribution in [0.3, 0.4) is 0 Å². The summed E-state index contributed by atoms with van der Waals surface area (Å²) < 4.78 is 0. The van der Waals surface area contributed by atoms with Crippen molar-refractivity contribution in [3.05, 3.63) is 74.3 Å². The molecule has 0 radical (unpaired) electrons. The van der Waals surface area contributed by atoms with E-state index < -0.39 is 10.9 Å². The van der Waals surface area contributed by atoms with Crippen molar-refractivity contribution in [2.75, 3.05) is 0 Å². The van der Waals surface area contributed by atoms with Gasteiger partial charge in [-0.3, -0.25) is 10.1 Å². The predicted molar refractivity (Wildman–Crippen MR) is 80.4 cm³/mol. The number of carboxylic acids is 1. The van der Waals surface area contributed by atoms with Crippen molar-refractivity contribution in [3.8, 4) is 0 Å². The number of halogens is 1. The summed E-state index contributed by atoms with van der Waals surface area (Å²) in [5.74, 6) is -1.21. The summed E-state index contributed by atoms with van der Waals surface area (Å²) in [7, 11) is 0. The van der Waals surface area contributed by atoms with Gasteiger partial charge in [0.05, 0.1) is 10.5 Å². The van der Waals surface area contributed by atoms with Crippen molar-refractivity contribution in [1.29, 1.82) is 0 Å². The number of nitro benzene ring substituents is 1. The van der Waals surface area contributed by atoms with Gasteiger partial charge in [-0.25, -0.2) is 4.79 Å². The average molecular weight is 304 g/mol. The molecule has 0 heterocycles. The van der Waals surface area contributed by atoms with Crippen LogP contribution in [0.25, 0.3) is 12.2 Å². The number of carboxylic acid groups (broad SMARTS) is 1. The zero-order valence-corrected chi connectivity index (χ0v) is 11.4. The molecule has 6 heteroatoms. The van der Waals surface area contributed by atoms with Gasteiger partial charge in [0.25, 0.3) is 5.69 Å². The number of aromatic carboxylic acids is 1. The van der Waals surface area contributed by atoms with E-state index in [4.69, 9.17) is 16.7 Å². The molecule has 0 atom stereocenters. The number of nitrogens with zero attached hydrogens (tertiary/aromatic N) is 1. The topological polar surface area (TPSA) is 80.4 Å². The fraction of sp³-hybridized carbons (Fsp3) is 0. The molecule has 0 bridgehead atoms. The largest absolute Gasteiger partial charge is 0.478 e. The molecule has 2 aromatic carbocycles. The number of benzene rings is 2. The van der Waals surface area contributed by atoms with Crippen LogP contribution in [0.4, 0.5) is 5.69 Å². The second-order valence-corrected chi connectivity index (χ2v) is 4.66. The van der Waals surface area contributed by atoms with Crippen LogP contribution in [-0.2, 0) is 0 Å². The molecule has 21 heavy (non-hydrogen) atoms. The lowest BCUT2D eigenvalue weighted by Crippen LogP contribution is -2.01. The minimum Gasteiger partial charge on any atom is -0.478 e. The molecule has 0 amide bonds. The predicted octanol–water partition coefficient (Wildman–Crippen LogP) is 4.12. The van der Waals surface area contributed by atoms with E-state index in [9.17, 15) is 14.9 Å². The van der Waals surface area contributed by atoms with Crippen molar-refractivity contribution in [1.82, 2.24) is 0 Å². The summed E-state index contributed by atoms with van der Waals surface area (Å²) >= 11 is 5.78. The zero-order valence-electron chi connectivity index (χ0n) is 10.7. The Morgan fingerprint density at radius 3 is 2.38 bits per heavy atom. The van der Waals surface area contributed by atoms with E-state index in [1.54, 1.807) is 36.4 Å². The molecule has 0 aromatic heterocycles. The van der Waals surface area contributed by atoms with Gasteiger partial charge in [-0.15, -0.1) is 0 Å². The third-order valence-corrected chi connectivity index (χ3v) is 3.06. The molecule has 0 unspecified atom stereocenters. The molecule has 106 valence electrons. The Morgan fingerprint density at radius 2 is 1.81 bits per heavy atom. The third-order valence-electron chi connectivity index (χ3n) is 2.80. The Hall–Kier alpha value is -2.66. The first-order valence-corrected chi connectivity index (χ1v) is 6.30. The average Bonchev–Trinajstić information content (AvgIpc) is 2.46. The molecule has 2 aromatic rings. The summed E-state index contributed by atoms with van der Waals surface area (Å²) in [6.45, 7) is 0. The van der Waals surface area contributed by atoms with E-state index in [0.717, 1.165) is 11.6 Å².